The Morgan fingerprint density at radius 3 is 2.67 bits per heavy atom. The van der Waals surface area contributed by atoms with Crippen molar-refractivity contribution in [2.45, 2.75) is 6.92 Å². The van der Waals surface area contributed by atoms with Crippen LogP contribution in [0.15, 0.2) is 54.6 Å². The van der Waals surface area contributed by atoms with E-state index in [-0.39, 0.29) is 18.2 Å². The molecule has 5 heteroatoms. The molecule has 0 radical (unpaired) electrons. The zero-order valence-electron chi connectivity index (χ0n) is 13.0. The predicted molar refractivity (Wildman–Crippen MR) is 88.8 cm³/mol. The predicted octanol–water partition coefficient (Wildman–Crippen LogP) is 3.38. The number of ether oxygens (including phenoxy) is 1. The molecule has 0 bridgehead atoms. The van der Waals surface area contributed by atoms with Crippen molar-refractivity contribution in [2.75, 3.05) is 6.61 Å². The molecule has 0 saturated heterocycles. The van der Waals surface area contributed by atoms with Crippen LogP contribution in [-0.2, 0) is 4.74 Å². The van der Waals surface area contributed by atoms with Gasteiger partial charge in [0.25, 0.3) is 5.91 Å². The Balaban J connectivity index is 2.19. The second-order valence-electron chi connectivity index (χ2n) is 5.14. The zero-order chi connectivity index (χ0) is 17.1. The van der Waals surface area contributed by atoms with Gasteiger partial charge in [-0.15, -0.1) is 0 Å². The number of rotatable bonds is 3. The maximum absolute atomic E-state index is 13.0. The van der Waals surface area contributed by atoms with Crippen molar-refractivity contribution in [3.8, 4) is 6.07 Å². The molecule has 0 atom stereocenters. The number of hydrogen-bond acceptors (Lipinski definition) is 4. The minimum atomic E-state index is -0.557. The summed E-state index contributed by atoms with van der Waals surface area (Å²) in [5.74, 6) is -0.935. The Hall–Kier alpha value is -3.39. The van der Waals surface area contributed by atoms with Gasteiger partial charge in [-0.1, -0.05) is 24.3 Å². The third-order valence-electron chi connectivity index (χ3n) is 3.64. The fraction of sp³-hybridized carbons (Fsp3) is 0.105. The minimum absolute atomic E-state index is 0.172. The topological polar surface area (TPSA) is 72.1 Å². The van der Waals surface area contributed by atoms with Crippen molar-refractivity contribution in [2.24, 2.45) is 0 Å². The summed E-state index contributed by atoms with van der Waals surface area (Å²) in [5.41, 5.74) is 1.51. The van der Waals surface area contributed by atoms with Gasteiger partial charge in [0.1, 0.15) is 5.69 Å². The first kappa shape index (κ1) is 15.5. The maximum atomic E-state index is 13.0. The normalized spacial score (nSPS) is 10.3. The smallest absolute Gasteiger partial charge is 0.355 e. The van der Waals surface area contributed by atoms with Gasteiger partial charge in [0.15, 0.2) is 0 Å². The van der Waals surface area contributed by atoms with Crippen molar-refractivity contribution >= 4 is 22.8 Å². The lowest BCUT2D eigenvalue weighted by Gasteiger charge is -2.09. The monoisotopic (exact) mass is 318 g/mol. The quantitative estimate of drug-likeness (QED) is 0.694. The summed E-state index contributed by atoms with van der Waals surface area (Å²) in [6.07, 6.45) is 0. The fourth-order valence-corrected chi connectivity index (χ4v) is 2.58. The van der Waals surface area contributed by atoms with E-state index in [0.29, 0.717) is 16.6 Å². The summed E-state index contributed by atoms with van der Waals surface area (Å²) < 4.78 is 6.40. The molecule has 24 heavy (non-hydrogen) atoms. The van der Waals surface area contributed by atoms with Gasteiger partial charge in [0, 0.05) is 10.9 Å². The van der Waals surface area contributed by atoms with Crippen molar-refractivity contribution in [3.05, 3.63) is 71.4 Å². The zero-order valence-corrected chi connectivity index (χ0v) is 13.0. The molecule has 1 heterocycles. The number of benzene rings is 2. The van der Waals surface area contributed by atoms with E-state index in [1.165, 1.54) is 10.6 Å². The first-order valence-electron chi connectivity index (χ1n) is 7.48. The average Bonchev–Trinajstić information content (AvgIpc) is 3.01. The summed E-state index contributed by atoms with van der Waals surface area (Å²) in [6.45, 7) is 1.93. The lowest BCUT2D eigenvalue weighted by Crippen LogP contribution is -2.19. The molecule has 0 aliphatic rings. The van der Waals surface area contributed by atoms with Crippen LogP contribution in [0.2, 0.25) is 0 Å². The molecule has 0 spiro atoms. The van der Waals surface area contributed by atoms with Crippen molar-refractivity contribution in [1.82, 2.24) is 4.57 Å². The first-order chi connectivity index (χ1) is 11.7. The highest BCUT2D eigenvalue weighted by molar-refractivity contribution is 6.08. The minimum Gasteiger partial charge on any atom is -0.461 e. The van der Waals surface area contributed by atoms with Gasteiger partial charge in [0.05, 0.1) is 23.8 Å². The largest absolute Gasteiger partial charge is 0.461 e. The molecule has 0 unspecified atom stereocenters. The molecule has 3 aromatic rings. The molecule has 0 aliphatic carbocycles. The van der Waals surface area contributed by atoms with Gasteiger partial charge in [-0.2, -0.15) is 5.26 Å². The van der Waals surface area contributed by atoms with Crippen molar-refractivity contribution in [1.29, 1.82) is 5.26 Å². The van der Waals surface area contributed by atoms with Crippen LogP contribution >= 0.6 is 0 Å². The molecule has 0 saturated carbocycles. The van der Waals surface area contributed by atoms with Crippen LogP contribution in [0, 0.1) is 11.3 Å². The molecule has 0 aliphatic heterocycles. The van der Waals surface area contributed by atoms with Crippen LogP contribution in [-0.4, -0.2) is 23.1 Å². The number of carbonyl (C=O) groups excluding carboxylic acids is 2. The van der Waals surface area contributed by atoms with Gasteiger partial charge in [0.2, 0.25) is 0 Å². The molecule has 0 fully saturated rings. The maximum Gasteiger partial charge on any atom is 0.355 e. The Morgan fingerprint density at radius 2 is 1.92 bits per heavy atom. The highest BCUT2D eigenvalue weighted by Crippen LogP contribution is 2.22. The van der Waals surface area contributed by atoms with E-state index in [1.807, 2.05) is 18.2 Å². The van der Waals surface area contributed by atoms with E-state index in [4.69, 9.17) is 10.00 Å². The number of fused-ring (bicyclic) bond motifs is 1. The van der Waals surface area contributed by atoms with E-state index in [1.54, 1.807) is 43.3 Å². The number of esters is 1. The second-order valence-corrected chi connectivity index (χ2v) is 5.14. The van der Waals surface area contributed by atoms with Crippen molar-refractivity contribution in [3.63, 3.8) is 0 Å². The van der Waals surface area contributed by atoms with Gasteiger partial charge in [-0.25, -0.2) is 4.79 Å². The second kappa shape index (κ2) is 6.39. The van der Waals surface area contributed by atoms with Crippen LogP contribution < -0.4 is 0 Å². The van der Waals surface area contributed by atoms with Gasteiger partial charge >= 0.3 is 5.97 Å². The van der Waals surface area contributed by atoms with Crippen LogP contribution in [0.3, 0.4) is 0 Å². The Bertz CT molecular complexity index is 980. The summed E-state index contributed by atoms with van der Waals surface area (Å²) in [5, 5.41) is 9.79. The van der Waals surface area contributed by atoms with Gasteiger partial charge < -0.3 is 4.74 Å². The molecular formula is C19H14N2O3. The van der Waals surface area contributed by atoms with Crippen LogP contribution in [0.25, 0.3) is 10.9 Å². The molecule has 5 nitrogen and oxygen atoms in total. The summed E-state index contributed by atoms with van der Waals surface area (Å²) in [4.78, 5) is 25.2. The number of nitrogens with zero attached hydrogens (tertiary/aromatic N) is 2. The highest BCUT2D eigenvalue weighted by atomic mass is 16.5. The Kier molecular flexibility index (Phi) is 4.13. The number of aromatic nitrogens is 1. The van der Waals surface area contributed by atoms with Crippen LogP contribution in [0.4, 0.5) is 0 Å². The van der Waals surface area contributed by atoms with Gasteiger partial charge in [-0.05, 0) is 37.3 Å². The SMILES string of the molecule is CCOC(=O)c1cc2ccccc2n1C(=O)c1cccc(C#N)c1. The number of para-hydroxylation sites is 1. The van der Waals surface area contributed by atoms with E-state index >= 15 is 0 Å². The average molecular weight is 318 g/mol. The molecule has 3 rings (SSSR count). The number of hydrogen-bond donors (Lipinski definition) is 0. The molecule has 0 N–H and O–H groups in total. The van der Waals surface area contributed by atoms with Crippen LogP contribution in [0.1, 0.15) is 33.3 Å². The molecule has 2 aromatic carbocycles. The lowest BCUT2D eigenvalue weighted by atomic mass is 10.1. The molecule has 0 amide bonds. The van der Waals surface area contributed by atoms with E-state index in [0.717, 1.165) is 5.39 Å². The molecule has 1 aromatic heterocycles. The standard InChI is InChI=1S/C19H14N2O3/c1-2-24-19(23)17-11-14-7-3-4-9-16(14)21(17)18(22)15-8-5-6-13(10-15)12-20/h3-11H,2H2,1H3. The van der Waals surface area contributed by atoms with E-state index < -0.39 is 5.97 Å². The fourth-order valence-electron chi connectivity index (χ4n) is 2.58. The summed E-state index contributed by atoms with van der Waals surface area (Å²) in [7, 11) is 0. The van der Waals surface area contributed by atoms with Crippen molar-refractivity contribution < 1.29 is 14.3 Å². The molecular weight excluding hydrogens is 304 g/mol. The Morgan fingerprint density at radius 1 is 1.12 bits per heavy atom. The number of nitriles is 1. The number of carbonyl (C=O) groups is 2. The third kappa shape index (κ3) is 2.66. The van der Waals surface area contributed by atoms with E-state index in [2.05, 4.69) is 0 Å². The third-order valence-corrected chi connectivity index (χ3v) is 3.64. The highest BCUT2D eigenvalue weighted by Gasteiger charge is 2.22. The summed E-state index contributed by atoms with van der Waals surface area (Å²) in [6, 6.07) is 17.3. The summed E-state index contributed by atoms with van der Waals surface area (Å²) >= 11 is 0. The lowest BCUT2D eigenvalue weighted by molar-refractivity contribution is 0.0510. The molecule has 118 valence electrons. The van der Waals surface area contributed by atoms with E-state index in [9.17, 15) is 9.59 Å². The van der Waals surface area contributed by atoms with Crippen LogP contribution in [0.5, 0.6) is 0 Å². The Labute approximate surface area is 138 Å². The first-order valence-corrected chi connectivity index (χ1v) is 7.48. The van der Waals surface area contributed by atoms with Gasteiger partial charge in [-0.3, -0.25) is 9.36 Å².